The summed E-state index contributed by atoms with van der Waals surface area (Å²) in [6.07, 6.45) is 9.07. The molecule has 0 amide bonds. The van der Waals surface area contributed by atoms with Gasteiger partial charge in [0.2, 0.25) is 11.5 Å². The highest BCUT2D eigenvalue weighted by atomic mass is 79.9. The number of ether oxygens (including phenoxy) is 1. The number of unbranched alkanes of at least 4 members (excludes halogenated alkanes) is 3. The van der Waals surface area contributed by atoms with Gasteiger partial charge in [0.25, 0.3) is 15.6 Å². The van der Waals surface area contributed by atoms with E-state index >= 15 is 0 Å². The van der Waals surface area contributed by atoms with Crippen LogP contribution in [-0.2, 0) is 16.7 Å². The van der Waals surface area contributed by atoms with Gasteiger partial charge in [0, 0.05) is 34.1 Å². The third-order valence-corrected chi connectivity index (χ3v) is 10.7. The Bertz CT molecular complexity index is 2140. The molecule has 1 N–H and O–H groups in total. The quantitative estimate of drug-likeness (QED) is 0.0682. The number of benzene rings is 4. The molecule has 0 atom stereocenters. The molecule has 6 rings (SSSR count). The summed E-state index contributed by atoms with van der Waals surface area (Å²) >= 11 is 7.06. The molecule has 0 saturated heterocycles. The maximum Gasteiger partial charge on any atom is 0.374 e. The predicted octanol–water partition coefficient (Wildman–Crippen LogP) is 11.0. The second-order valence-electron chi connectivity index (χ2n) is 12.5. The van der Waals surface area contributed by atoms with Crippen molar-refractivity contribution in [3.63, 3.8) is 0 Å². The van der Waals surface area contributed by atoms with Gasteiger partial charge in [-0.25, -0.2) is 0 Å². The monoisotopic (exact) mass is 819 g/mol. The van der Waals surface area contributed by atoms with E-state index in [1.54, 1.807) is 0 Å². The van der Waals surface area contributed by atoms with Gasteiger partial charge in [-0.15, -0.1) is 0 Å². The topological polar surface area (TPSA) is 83.9 Å². The van der Waals surface area contributed by atoms with Gasteiger partial charge in [0.1, 0.15) is 0 Å². The number of hydrogen-bond donors (Lipinski definition) is 1. The molecule has 0 radical (unpaired) electrons. The third kappa shape index (κ3) is 8.77. The molecule has 0 bridgehead atoms. The van der Waals surface area contributed by atoms with E-state index < -0.39 is 10.1 Å². The minimum Gasteiger partial charge on any atom is -0.439 e. The second-order valence-corrected chi connectivity index (χ2v) is 15.9. The molecule has 0 spiro atoms. The zero-order valence-corrected chi connectivity index (χ0v) is 32.2. The summed E-state index contributed by atoms with van der Waals surface area (Å²) in [6, 6.07) is 29.0. The van der Waals surface area contributed by atoms with Crippen molar-refractivity contribution in [1.29, 1.82) is 0 Å². The number of anilines is 1. The number of aromatic nitrogens is 1. The molecule has 7 nitrogen and oxygen atoms in total. The number of rotatable bonds is 14. The lowest BCUT2D eigenvalue weighted by Crippen LogP contribution is -2.35. The summed E-state index contributed by atoms with van der Waals surface area (Å²) in [4.78, 5) is 2.10. The summed E-state index contributed by atoms with van der Waals surface area (Å²) in [5, 5.41) is 0. The van der Waals surface area contributed by atoms with E-state index in [1.807, 2.05) is 24.3 Å². The fraction of sp³-hybridized carbons (Fsp3) is 0.275. The lowest BCUT2D eigenvalue weighted by molar-refractivity contribution is -0.678. The lowest BCUT2D eigenvalue weighted by Gasteiger charge is -2.19. The number of hydrogen-bond acceptors (Lipinski definition) is 5. The van der Waals surface area contributed by atoms with Crippen LogP contribution in [0, 0.1) is 0 Å². The zero-order chi connectivity index (χ0) is 35.3. The molecule has 0 fully saturated rings. The average molecular weight is 822 g/mol. The fourth-order valence-corrected chi connectivity index (χ4v) is 7.26. The van der Waals surface area contributed by atoms with Crippen LogP contribution in [-0.4, -0.2) is 25.3 Å². The molecule has 0 saturated carbocycles. The van der Waals surface area contributed by atoms with E-state index in [9.17, 15) is 13.0 Å². The zero-order valence-electron chi connectivity index (χ0n) is 28.2. The Kier molecular flexibility index (Phi) is 11.6. The van der Waals surface area contributed by atoms with Crippen LogP contribution in [0.2, 0.25) is 0 Å². The second kappa shape index (κ2) is 16.1. The van der Waals surface area contributed by atoms with E-state index in [2.05, 4.69) is 128 Å². The largest absolute Gasteiger partial charge is 0.439 e. The first-order valence-corrected chi connectivity index (χ1v) is 20.3. The normalized spacial score (nSPS) is 14.1. The van der Waals surface area contributed by atoms with Gasteiger partial charge in [0.15, 0.2) is 12.3 Å². The van der Waals surface area contributed by atoms with Crippen molar-refractivity contribution < 1.29 is 26.7 Å². The summed E-state index contributed by atoms with van der Waals surface area (Å²) in [5.74, 6) is 1.91. The molecular weight excluding hydrogens is 780 g/mol. The van der Waals surface area contributed by atoms with E-state index in [1.165, 1.54) is 0 Å². The average Bonchev–Trinajstić information content (AvgIpc) is 3.62. The van der Waals surface area contributed by atoms with Gasteiger partial charge in [-0.1, -0.05) is 88.5 Å². The highest BCUT2D eigenvalue weighted by Crippen LogP contribution is 2.42. The third-order valence-electron chi connectivity index (χ3n) is 8.86. The standard InChI is InChI=1S/C40H40Br2N2O5S/c1-3-5-6-21-43-35-26-31(29-9-15-33(41)16-10-29)13-19-37(35)48-39(43)24-28(4-2)25-40-44(22-7-8-23-50(45,46)47)36-27-32(14-20-38(36)49-40)30-11-17-34(42)18-12-30/h9-20,24-27H,3-8,21-23H2,1-2H3/p+1. The van der Waals surface area contributed by atoms with Crippen molar-refractivity contribution >= 4 is 64.8 Å². The van der Waals surface area contributed by atoms with Crippen LogP contribution in [0.15, 0.2) is 116 Å². The maximum atomic E-state index is 11.4. The predicted molar refractivity (Wildman–Crippen MR) is 209 cm³/mol. The Hall–Kier alpha value is -3.70. The molecule has 1 aromatic heterocycles. The van der Waals surface area contributed by atoms with Gasteiger partial charge in [-0.2, -0.15) is 13.0 Å². The van der Waals surface area contributed by atoms with Crippen LogP contribution in [0.5, 0.6) is 5.75 Å². The van der Waals surface area contributed by atoms with Gasteiger partial charge in [-0.3, -0.25) is 4.55 Å². The lowest BCUT2D eigenvalue weighted by atomic mass is 10.0. The van der Waals surface area contributed by atoms with Crippen LogP contribution < -0.4 is 14.2 Å². The first-order valence-electron chi connectivity index (χ1n) is 17.1. The van der Waals surface area contributed by atoms with Crippen molar-refractivity contribution in [1.82, 2.24) is 0 Å². The summed E-state index contributed by atoms with van der Waals surface area (Å²) in [7, 11) is -4.03. The highest BCUT2D eigenvalue weighted by molar-refractivity contribution is 9.10. The molecule has 1 aliphatic rings. The Balaban J connectivity index is 1.37. The number of fused-ring (bicyclic) bond motifs is 2. The van der Waals surface area contributed by atoms with E-state index in [0.29, 0.717) is 25.3 Å². The highest BCUT2D eigenvalue weighted by Gasteiger charge is 2.28. The van der Waals surface area contributed by atoms with Gasteiger partial charge in [0.05, 0.1) is 17.5 Å². The van der Waals surface area contributed by atoms with Crippen LogP contribution in [0.1, 0.15) is 58.3 Å². The van der Waals surface area contributed by atoms with Crippen LogP contribution in [0.3, 0.4) is 0 Å². The van der Waals surface area contributed by atoms with E-state index in [4.69, 9.17) is 9.15 Å². The number of aryl methyl sites for hydroxylation is 1. The van der Waals surface area contributed by atoms with E-state index in [0.717, 1.165) is 97.4 Å². The van der Waals surface area contributed by atoms with Crippen molar-refractivity contribution in [2.75, 3.05) is 17.2 Å². The van der Waals surface area contributed by atoms with Gasteiger partial charge < -0.3 is 14.1 Å². The molecular formula is C40H41Br2N2O5S+. The molecule has 0 aliphatic carbocycles. The molecule has 260 valence electrons. The molecule has 50 heavy (non-hydrogen) atoms. The fourth-order valence-electron chi connectivity index (χ4n) is 6.16. The Morgan fingerprint density at radius 3 is 2.10 bits per heavy atom. The van der Waals surface area contributed by atoms with Crippen molar-refractivity contribution in [2.24, 2.45) is 0 Å². The number of nitrogens with zero attached hydrogens (tertiary/aromatic N) is 2. The Morgan fingerprint density at radius 2 is 1.46 bits per heavy atom. The molecule has 10 heteroatoms. The SMILES string of the molecule is CCCCC[n+]1c(/C=C(/C=C2\Oc3ccc(-c4ccc(Br)cc4)cc3N2CCCCS(=O)(=O)O)CC)oc2ccc(-c3ccc(Br)cc3)cc21. The summed E-state index contributed by atoms with van der Waals surface area (Å²) < 4.78 is 49.5. The summed E-state index contributed by atoms with van der Waals surface area (Å²) in [5.41, 5.74) is 8.24. The smallest absolute Gasteiger partial charge is 0.374 e. The van der Waals surface area contributed by atoms with Gasteiger partial charge in [-0.05, 0) is 96.0 Å². The Morgan fingerprint density at radius 1 is 0.820 bits per heavy atom. The number of allylic oxidation sites excluding steroid dienone is 2. The van der Waals surface area contributed by atoms with E-state index in [-0.39, 0.29) is 5.75 Å². The number of oxazole rings is 1. The molecule has 0 unspecified atom stereocenters. The van der Waals surface area contributed by atoms with Crippen molar-refractivity contribution in [3.8, 4) is 28.0 Å². The van der Waals surface area contributed by atoms with Crippen molar-refractivity contribution in [3.05, 3.63) is 117 Å². The maximum absolute atomic E-state index is 11.4. The molecule has 4 aromatic carbocycles. The van der Waals surface area contributed by atoms with Crippen LogP contribution in [0.25, 0.3) is 39.4 Å². The minimum absolute atomic E-state index is 0.278. The van der Waals surface area contributed by atoms with Crippen molar-refractivity contribution in [2.45, 2.75) is 58.9 Å². The Labute approximate surface area is 311 Å². The summed E-state index contributed by atoms with van der Waals surface area (Å²) in [6.45, 7) is 5.69. The first-order chi connectivity index (χ1) is 24.1. The molecule has 5 aromatic rings. The first kappa shape index (κ1) is 36.1. The minimum atomic E-state index is -4.03. The number of halogens is 2. The van der Waals surface area contributed by atoms with Crippen LogP contribution in [0.4, 0.5) is 5.69 Å². The molecule has 2 heterocycles. The van der Waals surface area contributed by atoms with Crippen LogP contribution >= 0.6 is 31.9 Å². The van der Waals surface area contributed by atoms with Gasteiger partial charge >= 0.3 is 5.89 Å². The molecule has 1 aliphatic heterocycles.